The van der Waals surface area contributed by atoms with Crippen molar-refractivity contribution in [2.75, 3.05) is 19.6 Å². The number of nitrogens with zero attached hydrogens (tertiary/aromatic N) is 1. The first-order valence-electron chi connectivity index (χ1n) is 7.31. The van der Waals surface area contributed by atoms with Gasteiger partial charge in [0.25, 0.3) is 0 Å². The van der Waals surface area contributed by atoms with E-state index in [-0.39, 0.29) is 0 Å². The standard InChI is InChI=1S/C16H26N2/c1-14(9-10-17)16-7-5-15(6-8-16)13-18-11-3-2-4-12-18/h5-8,14H,2-4,9-13,17H2,1H3. The summed E-state index contributed by atoms with van der Waals surface area (Å²) >= 11 is 0. The highest BCUT2D eigenvalue weighted by Gasteiger charge is 2.10. The number of hydrogen-bond donors (Lipinski definition) is 1. The molecule has 1 heterocycles. The molecule has 0 saturated carbocycles. The van der Waals surface area contributed by atoms with Gasteiger partial charge in [0.1, 0.15) is 0 Å². The summed E-state index contributed by atoms with van der Waals surface area (Å²) in [4.78, 5) is 2.57. The number of likely N-dealkylation sites (tertiary alicyclic amines) is 1. The average molecular weight is 246 g/mol. The third kappa shape index (κ3) is 3.82. The van der Waals surface area contributed by atoms with Gasteiger partial charge >= 0.3 is 0 Å². The molecule has 1 saturated heterocycles. The highest BCUT2D eigenvalue weighted by molar-refractivity contribution is 5.25. The number of piperidine rings is 1. The van der Waals surface area contributed by atoms with Crippen LogP contribution in [-0.4, -0.2) is 24.5 Å². The van der Waals surface area contributed by atoms with Crippen LogP contribution < -0.4 is 5.73 Å². The summed E-state index contributed by atoms with van der Waals surface area (Å²) in [6.45, 7) is 6.69. The van der Waals surface area contributed by atoms with Crippen LogP contribution in [0.4, 0.5) is 0 Å². The predicted molar refractivity (Wildman–Crippen MR) is 77.7 cm³/mol. The van der Waals surface area contributed by atoms with E-state index in [1.165, 1.54) is 43.5 Å². The van der Waals surface area contributed by atoms with Crippen LogP contribution in [0.5, 0.6) is 0 Å². The SMILES string of the molecule is CC(CCN)c1ccc(CN2CCCCC2)cc1. The van der Waals surface area contributed by atoms with Crippen LogP contribution in [0.15, 0.2) is 24.3 Å². The summed E-state index contributed by atoms with van der Waals surface area (Å²) in [6, 6.07) is 9.13. The Balaban J connectivity index is 1.90. The highest BCUT2D eigenvalue weighted by atomic mass is 15.1. The molecule has 100 valence electrons. The van der Waals surface area contributed by atoms with Crippen molar-refractivity contribution in [2.24, 2.45) is 5.73 Å². The second kappa shape index (κ2) is 6.91. The van der Waals surface area contributed by atoms with Crippen molar-refractivity contribution in [3.8, 4) is 0 Å². The molecule has 2 rings (SSSR count). The molecule has 2 heteroatoms. The third-order valence-corrected chi connectivity index (χ3v) is 4.00. The second-order valence-electron chi connectivity index (χ2n) is 5.56. The van der Waals surface area contributed by atoms with Crippen LogP contribution in [0.1, 0.15) is 49.7 Å². The summed E-state index contributed by atoms with van der Waals surface area (Å²) in [5.74, 6) is 0.582. The fourth-order valence-electron chi connectivity index (χ4n) is 2.74. The molecule has 1 atom stereocenters. The molecule has 18 heavy (non-hydrogen) atoms. The zero-order chi connectivity index (χ0) is 12.8. The molecule has 0 amide bonds. The van der Waals surface area contributed by atoms with Gasteiger partial charge in [0.15, 0.2) is 0 Å². The van der Waals surface area contributed by atoms with Gasteiger partial charge in [-0.1, -0.05) is 37.6 Å². The molecule has 2 nitrogen and oxygen atoms in total. The fourth-order valence-corrected chi connectivity index (χ4v) is 2.74. The molecule has 1 aliphatic heterocycles. The van der Waals surface area contributed by atoms with Gasteiger partial charge in [-0.2, -0.15) is 0 Å². The van der Waals surface area contributed by atoms with Gasteiger partial charge in [-0.3, -0.25) is 4.90 Å². The molecule has 0 aromatic heterocycles. The summed E-state index contributed by atoms with van der Waals surface area (Å²) < 4.78 is 0. The van der Waals surface area contributed by atoms with Gasteiger partial charge < -0.3 is 5.73 Å². The Kier molecular flexibility index (Phi) is 5.21. The van der Waals surface area contributed by atoms with Gasteiger partial charge in [-0.05, 0) is 55.9 Å². The van der Waals surface area contributed by atoms with E-state index in [1.807, 2.05) is 0 Å². The number of rotatable bonds is 5. The molecule has 0 bridgehead atoms. The van der Waals surface area contributed by atoms with Crippen LogP contribution >= 0.6 is 0 Å². The normalized spacial score (nSPS) is 18.8. The van der Waals surface area contributed by atoms with Crippen molar-refractivity contribution in [1.29, 1.82) is 0 Å². The molecule has 1 fully saturated rings. The first kappa shape index (κ1) is 13.6. The number of benzene rings is 1. The minimum Gasteiger partial charge on any atom is -0.330 e. The van der Waals surface area contributed by atoms with Crippen LogP contribution in [0, 0.1) is 0 Å². The minimum absolute atomic E-state index is 0.582. The van der Waals surface area contributed by atoms with E-state index >= 15 is 0 Å². The molecule has 0 spiro atoms. The zero-order valence-electron chi connectivity index (χ0n) is 11.6. The maximum Gasteiger partial charge on any atom is 0.0233 e. The van der Waals surface area contributed by atoms with Crippen LogP contribution in [0.3, 0.4) is 0 Å². The summed E-state index contributed by atoms with van der Waals surface area (Å²) in [6.07, 6.45) is 5.22. The van der Waals surface area contributed by atoms with Gasteiger partial charge in [0, 0.05) is 6.54 Å². The lowest BCUT2D eigenvalue weighted by molar-refractivity contribution is 0.221. The summed E-state index contributed by atoms with van der Waals surface area (Å²) in [7, 11) is 0. The molecule has 1 aliphatic rings. The third-order valence-electron chi connectivity index (χ3n) is 4.00. The average Bonchev–Trinajstić information content (AvgIpc) is 2.41. The van der Waals surface area contributed by atoms with E-state index in [4.69, 9.17) is 5.73 Å². The number of hydrogen-bond acceptors (Lipinski definition) is 2. The van der Waals surface area contributed by atoms with E-state index in [1.54, 1.807) is 0 Å². The second-order valence-corrected chi connectivity index (χ2v) is 5.56. The van der Waals surface area contributed by atoms with E-state index < -0.39 is 0 Å². The Hall–Kier alpha value is -0.860. The maximum atomic E-state index is 5.61. The van der Waals surface area contributed by atoms with Gasteiger partial charge in [0.05, 0.1) is 0 Å². The topological polar surface area (TPSA) is 29.3 Å². The van der Waals surface area contributed by atoms with Gasteiger partial charge in [0.2, 0.25) is 0 Å². The molecule has 2 N–H and O–H groups in total. The monoisotopic (exact) mass is 246 g/mol. The molecule has 0 radical (unpaired) electrons. The van der Waals surface area contributed by atoms with Crippen molar-refractivity contribution in [1.82, 2.24) is 4.90 Å². The lowest BCUT2D eigenvalue weighted by Crippen LogP contribution is -2.29. The van der Waals surface area contributed by atoms with E-state index in [9.17, 15) is 0 Å². The van der Waals surface area contributed by atoms with Crippen LogP contribution in [0.2, 0.25) is 0 Å². The van der Waals surface area contributed by atoms with Crippen molar-refractivity contribution >= 4 is 0 Å². The maximum absolute atomic E-state index is 5.61. The molecule has 1 aromatic rings. The Labute approximate surface area is 111 Å². The lowest BCUT2D eigenvalue weighted by atomic mass is 9.97. The molecule has 1 unspecified atom stereocenters. The molecule has 1 aromatic carbocycles. The first-order valence-corrected chi connectivity index (χ1v) is 7.31. The van der Waals surface area contributed by atoms with Gasteiger partial charge in [-0.15, -0.1) is 0 Å². The zero-order valence-corrected chi connectivity index (χ0v) is 11.6. The smallest absolute Gasteiger partial charge is 0.0233 e. The Morgan fingerprint density at radius 3 is 2.39 bits per heavy atom. The molecule has 0 aliphatic carbocycles. The van der Waals surface area contributed by atoms with Crippen molar-refractivity contribution in [2.45, 2.75) is 45.1 Å². The van der Waals surface area contributed by atoms with Crippen molar-refractivity contribution < 1.29 is 0 Å². The van der Waals surface area contributed by atoms with Crippen LogP contribution in [0.25, 0.3) is 0 Å². The van der Waals surface area contributed by atoms with Gasteiger partial charge in [-0.25, -0.2) is 0 Å². The summed E-state index contributed by atoms with van der Waals surface area (Å²) in [5.41, 5.74) is 8.48. The van der Waals surface area contributed by atoms with E-state index in [0.717, 1.165) is 19.5 Å². The van der Waals surface area contributed by atoms with E-state index in [0.29, 0.717) is 5.92 Å². The Bertz CT molecular complexity index is 339. The predicted octanol–water partition coefficient (Wildman–Crippen LogP) is 3.12. The Morgan fingerprint density at radius 1 is 1.11 bits per heavy atom. The first-order chi connectivity index (χ1) is 8.79. The number of nitrogens with two attached hydrogens (primary N) is 1. The molecular weight excluding hydrogens is 220 g/mol. The minimum atomic E-state index is 0.582. The van der Waals surface area contributed by atoms with Crippen molar-refractivity contribution in [3.63, 3.8) is 0 Å². The van der Waals surface area contributed by atoms with Crippen molar-refractivity contribution in [3.05, 3.63) is 35.4 Å². The van der Waals surface area contributed by atoms with E-state index in [2.05, 4.69) is 36.1 Å². The quantitative estimate of drug-likeness (QED) is 0.865. The highest BCUT2D eigenvalue weighted by Crippen LogP contribution is 2.20. The largest absolute Gasteiger partial charge is 0.330 e. The summed E-state index contributed by atoms with van der Waals surface area (Å²) in [5, 5.41) is 0. The van der Waals surface area contributed by atoms with Crippen LogP contribution in [-0.2, 0) is 6.54 Å². The fraction of sp³-hybridized carbons (Fsp3) is 0.625. The Morgan fingerprint density at radius 2 is 1.78 bits per heavy atom. The molecular formula is C16H26N2. The lowest BCUT2D eigenvalue weighted by Gasteiger charge is -2.26.